The number of carbonyl (C=O) groups is 1. The Morgan fingerprint density at radius 2 is 2.00 bits per heavy atom. The lowest BCUT2D eigenvalue weighted by Gasteiger charge is -2.25. The monoisotopic (exact) mass is 444 g/mol. The minimum atomic E-state index is -4.40. The van der Waals surface area contributed by atoms with E-state index in [1.54, 1.807) is 24.1 Å². The average molecular weight is 444 g/mol. The number of alkyl halides is 3. The summed E-state index contributed by atoms with van der Waals surface area (Å²) in [4.78, 5) is 17.0. The first-order valence-corrected chi connectivity index (χ1v) is 9.74. The summed E-state index contributed by atoms with van der Waals surface area (Å²) in [5.41, 5.74) is 2.05. The Morgan fingerprint density at radius 3 is 2.69 bits per heavy atom. The number of benzene rings is 1. The SMILES string of the molecule is Cc1oc(-c2ccc(C(F)(F)F)cc2)nc1COC1=CC=C2CC(=C1)C=CN2CC(=O)O. The molecule has 0 amide bonds. The van der Waals surface area contributed by atoms with E-state index >= 15 is 0 Å². The standard InChI is InChI=1S/C23H19F3N2O4/c1-14-20(27-22(32-14)16-2-4-17(5-3-16)23(24,25)26)13-31-19-7-6-18-10-15(11-19)8-9-28(18)12-21(29)30/h2-9,11H,10,12-13H2,1H3,(H,29,30). The fourth-order valence-electron chi connectivity index (χ4n) is 3.34. The molecule has 2 heterocycles. The molecule has 32 heavy (non-hydrogen) atoms. The lowest BCUT2D eigenvalue weighted by Crippen LogP contribution is -2.26. The second-order valence-electron chi connectivity index (χ2n) is 7.35. The van der Waals surface area contributed by atoms with Crippen molar-refractivity contribution in [2.75, 3.05) is 6.54 Å². The highest BCUT2D eigenvalue weighted by molar-refractivity contribution is 5.70. The molecule has 0 saturated carbocycles. The molecule has 1 aromatic carbocycles. The summed E-state index contributed by atoms with van der Waals surface area (Å²) in [5.74, 6) is 0.382. The van der Waals surface area contributed by atoms with Gasteiger partial charge in [-0.1, -0.05) is 0 Å². The van der Waals surface area contributed by atoms with Crippen LogP contribution >= 0.6 is 0 Å². The van der Waals surface area contributed by atoms with Crippen molar-refractivity contribution in [2.45, 2.75) is 26.1 Å². The van der Waals surface area contributed by atoms with Gasteiger partial charge in [0.25, 0.3) is 0 Å². The Hall–Kier alpha value is -3.75. The van der Waals surface area contributed by atoms with E-state index in [0.29, 0.717) is 29.2 Å². The van der Waals surface area contributed by atoms with Crippen molar-refractivity contribution in [3.05, 3.63) is 88.8 Å². The largest absolute Gasteiger partial charge is 0.487 e. The number of fused-ring (bicyclic) bond motifs is 2. The molecule has 0 radical (unpaired) electrons. The van der Waals surface area contributed by atoms with Crippen LogP contribution in [-0.2, 0) is 22.3 Å². The summed E-state index contributed by atoms with van der Waals surface area (Å²) in [6, 6.07) is 4.61. The van der Waals surface area contributed by atoms with Crippen LogP contribution in [-0.4, -0.2) is 27.5 Å². The highest BCUT2D eigenvalue weighted by atomic mass is 19.4. The van der Waals surface area contributed by atoms with Crippen molar-refractivity contribution in [3.8, 4) is 11.5 Å². The van der Waals surface area contributed by atoms with E-state index in [1.807, 2.05) is 18.2 Å². The molecule has 6 nitrogen and oxygen atoms in total. The second kappa shape index (κ2) is 8.41. The molecule has 0 atom stereocenters. The molecule has 1 aromatic heterocycles. The Kier molecular flexibility index (Phi) is 5.65. The van der Waals surface area contributed by atoms with E-state index in [-0.39, 0.29) is 19.0 Å². The van der Waals surface area contributed by atoms with E-state index in [9.17, 15) is 18.0 Å². The smallest absolute Gasteiger partial charge is 0.416 e. The van der Waals surface area contributed by atoms with Gasteiger partial charge < -0.3 is 19.2 Å². The Morgan fingerprint density at radius 1 is 1.25 bits per heavy atom. The molecule has 1 aliphatic carbocycles. The van der Waals surface area contributed by atoms with Crippen LogP contribution in [0.2, 0.25) is 0 Å². The van der Waals surface area contributed by atoms with E-state index in [0.717, 1.165) is 23.4 Å². The van der Waals surface area contributed by atoms with Gasteiger partial charge in [0, 0.05) is 23.9 Å². The van der Waals surface area contributed by atoms with E-state index in [4.69, 9.17) is 14.3 Å². The minimum Gasteiger partial charge on any atom is -0.487 e. The molecule has 0 fully saturated rings. The van der Waals surface area contributed by atoms with Gasteiger partial charge in [0.05, 0.1) is 5.56 Å². The van der Waals surface area contributed by atoms with Crippen LogP contribution < -0.4 is 0 Å². The second-order valence-corrected chi connectivity index (χ2v) is 7.35. The summed E-state index contributed by atoms with van der Waals surface area (Å²) in [6.45, 7) is 1.70. The number of aromatic nitrogens is 1. The lowest BCUT2D eigenvalue weighted by atomic mass is 10.1. The van der Waals surface area contributed by atoms with Gasteiger partial charge >= 0.3 is 12.1 Å². The first-order chi connectivity index (χ1) is 15.2. The number of aryl methyl sites for hydroxylation is 1. The zero-order valence-corrected chi connectivity index (χ0v) is 17.0. The van der Waals surface area contributed by atoms with E-state index in [1.165, 1.54) is 12.1 Å². The number of rotatable bonds is 6. The highest BCUT2D eigenvalue weighted by Gasteiger charge is 2.30. The maximum Gasteiger partial charge on any atom is 0.416 e. The first kappa shape index (κ1) is 21.5. The van der Waals surface area contributed by atoms with Crippen LogP contribution in [0.15, 0.2) is 76.2 Å². The zero-order chi connectivity index (χ0) is 22.9. The molecular weight excluding hydrogens is 425 g/mol. The predicted octanol–water partition coefficient (Wildman–Crippen LogP) is 5.20. The molecule has 0 spiro atoms. The van der Waals surface area contributed by atoms with Crippen LogP contribution in [0.3, 0.4) is 0 Å². The molecule has 2 aliphatic rings. The van der Waals surface area contributed by atoms with Gasteiger partial charge in [0.15, 0.2) is 0 Å². The van der Waals surface area contributed by atoms with Crippen LogP contribution in [0.25, 0.3) is 11.5 Å². The van der Waals surface area contributed by atoms with Gasteiger partial charge in [-0.15, -0.1) is 0 Å². The predicted molar refractivity (Wildman–Crippen MR) is 109 cm³/mol. The molecule has 0 unspecified atom stereocenters. The summed E-state index contributed by atoms with van der Waals surface area (Å²) in [6.07, 6.45) is 5.19. The van der Waals surface area contributed by atoms with Crippen molar-refractivity contribution in [3.63, 3.8) is 0 Å². The quantitative estimate of drug-likeness (QED) is 0.660. The van der Waals surface area contributed by atoms with Crippen molar-refractivity contribution in [1.82, 2.24) is 9.88 Å². The third-order valence-electron chi connectivity index (χ3n) is 5.02. The molecule has 0 saturated heterocycles. The number of hydrogen-bond donors (Lipinski definition) is 1. The van der Waals surface area contributed by atoms with Gasteiger partial charge in [0.1, 0.15) is 30.4 Å². The number of nitrogens with zero attached hydrogens (tertiary/aromatic N) is 2. The molecular formula is C23H19F3N2O4. The first-order valence-electron chi connectivity index (χ1n) is 9.74. The van der Waals surface area contributed by atoms with Gasteiger partial charge in [-0.25, -0.2) is 4.98 Å². The number of hydrogen-bond acceptors (Lipinski definition) is 5. The summed E-state index contributed by atoms with van der Waals surface area (Å²) >= 11 is 0. The number of aliphatic carboxylic acids is 1. The molecule has 2 aromatic rings. The Bertz CT molecular complexity index is 1150. The maximum atomic E-state index is 12.8. The van der Waals surface area contributed by atoms with Gasteiger partial charge in [-0.3, -0.25) is 4.79 Å². The summed E-state index contributed by atoms with van der Waals surface area (Å²) < 4.78 is 49.7. The van der Waals surface area contributed by atoms with Crippen molar-refractivity contribution < 1.29 is 32.2 Å². The topological polar surface area (TPSA) is 75.8 Å². The number of ether oxygens (including phenoxy) is 1. The molecule has 9 heteroatoms. The van der Waals surface area contributed by atoms with Crippen molar-refractivity contribution >= 4 is 5.97 Å². The van der Waals surface area contributed by atoms with Crippen LogP contribution in [0.4, 0.5) is 13.2 Å². The normalized spacial score (nSPS) is 15.6. The van der Waals surface area contributed by atoms with Gasteiger partial charge in [-0.2, -0.15) is 13.2 Å². The van der Waals surface area contributed by atoms with Crippen LogP contribution in [0.5, 0.6) is 0 Å². The van der Waals surface area contributed by atoms with Crippen molar-refractivity contribution in [2.24, 2.45) is 0 Å². The zero-order valence-electron chi connectivity index (χ0n) is 17.0. The Balaban J connectivity index is 1.47. The lowest BCUT2D eigenvalue weighted by molar-refractivity contribution is -0.138. The van der Waals surface area contributed by atoms with Crippen LogP contribution in [0, 0.1) is 6.92 Å². The summed E-state index contributed by atoms with van der Waals surface area (Å²) in [5, 5.41) is 9.03. The number of oxazole rings is 1. The third kappa shape index (κ3) is 4.77. The van der Waals surface area contributed by atoms with Gasteiger partial charge in [0.2, 0.25) is 5.89 Å². The fourth-order valence-corrected chi connectivity index (χ4v) is 3.34. The molecule has 4 rings (SSSR count). The number of allylic oxidation sites excluding steroid dienone is 5. The number of halogens is 3. The number of carboxylic acid groups (broad SMARTS) is 1. The van der Waals surface area contributed by atoms with E-state index < -0.39 is 17.7 Å². The Labute approximate surface area is 181 Å². The average Bonchev–Trinajstić information content (AvgIpc) is 3.02. The molecule has 2 bridgehead atoms. The third-order valence-corrected chi connectivity index (χ3v) is 5.02. The number of carboxylic acids is 1. The molecule has 1 N–H and O–H groups in total. The van der Waals surface area contributed by atoms with Crippen LogP contribution in [0.1, 0.15) is 23.4 Å². The molecule has 166 valence electrons. The fraction of sp³-hybridized carbons (Fsp3) is 0.217. The minimum absolute atomic E-state index is 0.108. The molecule has 1 aliphatic heterocycles. The van der Waals surface area contributed by atoms with E-state index in [2.05, 4.69) is 4.98 Å². The van der Waals surface area contributed by atoms with Crippen molar-refractivity contribution in [1.29, 1.82) is 0 Å². The summed E-state index contributed by atoms with van der Waals surface area (Å²) in [7, 11) is 0. The van der Waals surface area contributed by atoms with Gasteiger partial charge in [-0.05, 0) is 61.1 Å². The maximum absolute atomic E-state index is 12.8. The highest BCUT2D eigenvalue weighted by Crippen LogP contribution is 2.32.